The van der Waals surface area contributed by atoms with Crippen LogP contribution in [-0.2, 0) is 12.2 Å². The molecular weight excluding hydrogens is 460 g/mol. The third-order valence-corrected chi connectivity index (χ3v) is 5.94. The molecule has 3 rings (SSSR count). The van der Waals surface area contributed by atoms with Gasteiger partial charge >= 0.3 is 0 Å². The standard InChI is InChI=1S/C23H27BrN4OS/c1-3-5-15-29-21-10-7-6-9-19(21)16-25-28-22(8-4-2)26-27-23(28)30-17-18-11-13-20(24)14-12-18/h6-7,9-14,16H,3-5,8,15,17H2,1-2H3/b25-16-. The van der Waals surface area contributed by atoms with Crippen molar-refractivity contribution >= 4 is 33.9 Å². The predicted octanol–water partition coefficient (Wildman–Crippen LogP) is 6.35. The second kappa shape index (κ2) is 11.9. The van der Waals surface area contributed by atoms with Crippen molar-refractivity contribution in [3.63, 3.8) is 0 Å². The molecule has 158 valence electrons. The Balaban J connectivity index is 1.78. The van der Waals surface area contributed by atoms with Crippen LogP contribution in [0.1, 0.15) is 50.1 Å². The maximum atomic E-state index is 5.93. The van der Waals surface area contributed by atoms with Gasteiger partial charge in [0.15, 0.2) is 5.82 Å². The van der Waals surface area contributed by atoms with E-state index in [4.69, 9.17) is 9.84 Å². The van der Waals surface area contributed by atoms with E-state index in [1.165, 1.54) is 5.56 Å². The number of halogens is 1. The van der Waals surface area contributed by atoms with Gasteiger partial charge in [0.1, 0.15) is 5.75 Å². The van der Waals surface area contributed by atoms with Crippen LogP contribution < -0.4 is 4.74 Å². The van der Waals surface area contributed by atoms with E-state index in [0.29, 0.717) is 6.61 Å². The predicted molar refractivity (Wildman–Crippen MR) is 128 cm³/mol. The summed E-state index contributed by atoms with van der Waals surface area (Å²) in [5.74, 6) is 2.53. The lowest BCUT2D eigenvalue weighted by atomic mass is 10.2. The van der Waals surface area contributed by atoms with Crippen LogP contribution in [0.3, 0.4) is 0 Å². The second-order valence-electron chi connectivity index (χ2n) is 6.86. The van der Waals surface area contributed by atoms with Crippen LogP contribution in [0, 0.1) is 0 Å². The summed E-state index contributed by atoms with van der Waals surface area (Å²) in [6, 6.07) is 16.3. The molecule has 3 aromatic rings. The third-order valence-electron chi connectivity index (χ3n) is 4.42. The van der Waals surface area contributed by atoms with Gasteiger partial charge in [0, 0.05) is 22.2 Å². The van der Waals surface area contributed by atoms with Crippen molar-refractivity contribution in [3.8, 4) is 5.75 Å². The van der Waals surface area contributed by atoms with Gasteiger partial charge in [0.05, 0.1) is 12.8 Å². The molecule has 0 aliphatic carbocycles. The van der Waals surface area contributed by atoms with Crippen LogP contribution in [0.5, 0.6) is 5.75 Å². The number of thioether (sulfide) groups is 1. The molecule has 7 heteroatoms. The number of unbranched alkanes of at least 4 members (excludes halogenated alkanes) is 1. The average Bonchev–Trinajstić information content (AvgIpc) is 3.14. The molecule has 0 bridgehead atoms. The zero-order valence-corrected chi connectivity index (χ0v) is 19.8. The van der Waals surface area contributed by atoms with Crippen LogP contribution in [-0.4, -0.2) is 27.7 Å². The van der Waals surface area contributed by atoms with E-state index in [1.54, 1.807) is 11.8 Å². The van der Waals surface area contributed by atoms with E-state index in [0.717, 1.165) is 58.2 Å². The van der Waals surface area contributed by atoms with E-state index >= 15 is 0 Å². The first kappa shape index (κ1) is 22.6. The lowest BCUT2D eigenvalue weighted by Gasteiger charge is -2.08. The molecule has 0 saturated heterocycles. The van der Waals surface area contributed by atoms with Crippen molar-refractivity contribution in [3.05, 3.63) is 70.0 Å². The molecule has 0 saturated carbocycles. The maximum Gasteiger partial charge on any atom is 0.212 e. The van der Waals surface area contributed by atoms with Gasteiger partial charge in [-0.25, -0.2) is 0 Å². The maximum absolute atomic E-state index is 5.93. The van der Waals surface area contributed by atoms with Crippen LogP contribution in [0.15, 0.2) is 63.3 Å². The number of benzene rings is 2. The van der Waals surface area contributed by atoms with E-state index in [-0.39, 0.29) is 0 Å². The molecule has 0 atom stereocenters. The summed E-state index contributed by atoms with van der Waals surface area (Å²) in [7, 11) is 0. The lowest BCUT2D eigenvalue weighted by molar-refractivity contribution is 0.309. The highest BCUT2D eigenvalue weighted by atomic mass is 79.9. The van der Waals surface area contributed by atoms with Gasteiger partial charge in [-0.1, -0.05) is 72.2 Å². The molecule has 0 amide bonds. The first-order valence-electron chi connectivity index (χ1n) is 10.3. The molecule has 0 fully saturated rings. The number of aryl methyl sites for hydroxylation is 1. The Labute approximate surface area is 191 Å². The van der Waals surface area contributed by atoms with Gasteiger partial charge in [0.25, 0.3) is 0 Å². The summed E-state index contributed by atoms with van der Waals surface area (Å²) in [6.07, 6.45) is 5.80. The zero-order valence-electron chi connectivity index (χ0n) is 17.4. The molecule has 0 radical (unpaired) electrons. The van der Waals surface area contributed by atoms with Gasteiger partial charge < -0.3 is 4.74 Å². The highest BCUT2D eigenvalue weighted by Gasteiger charge is 2.12. The molecule has 0 unspecified atom stereocenters. The SMILES string of the molecule is CCCCOc1ccccc1/C=N\n1c(CCC)nnc1SCc1ccc(Br)cc1. The summed E-state index contributed by atoms with van der Waals surface area (Å²) in [5.41, 5.74) is 2.18. The van der Waals surface area contributed by atoms with Crippen LogP contribution in [0.4, 0.5) is 0 Å². The number of nitrogens with zero attached hydrogens (tertiary/aromatic N) is 4. The number of hydrogen-bond acceptors (Lipinski definition) is 5. The fourth-order valence-electron chi connectivity index (χ4n) is 2.77. The zero-order chi connectivity index (χ0) is 21.2. The Morgan fingerprint density at radius 3 is 2.63 bits per heavy atom. The first-order chi connectivity index (χ1) is 14.7. The molecule has 30 heavy (non-hydrogen) atoms. The quantitative estimate of drug-likeness (QED) is 0.180. The minimum atomic E-state index is 0.712. The summed E-state index contributed by atoms with van der Waals surface area (Å²) < 4.78 is 8.86. The van der Waals surface area contributed by atoms with Crippen molar-refractivity contribution in [1.82, 2.24) is 14.9 Å². The summed E-state index contributed by atoms with van der Waals surface area (Å²) in [5, 5.41) is 14.3. The minimum Gasteiger partial charge on any atom is -0.493 e. The largest absolute Gasteiger partial charge is 0.493 e. The minimum absolute atomic E-state index is 0.712. The number of hydrogen-bond donors (Lipinski definition) is 0. The van der Waals surface area contributed by atoms with E-state index in [1.807, 2.05) is 35.2 Å². The Kier molecular flexibility index (Phi) is 8.96. The number of aromatic nitrogens is 3. The van der Waals surface area contributed by atoms with Crippen LogP contribution >= 0.6 is 27.7 Å². The highest BCUT2D eigenvalue weighted by Crippen LogP contribution is 2.24. The van der Waals surface area contributed by atoms with Crippen LogP contribution in [0.2, 0.25) is 0 Å². The van der Waals surface area contributed by atoms with Crippen molar-refractivity contribution in [2.75, 3.05) is 6.61 Å². The number of rotatable bonds is 11. The Morgan fingerprint density at radius 2 is 1.87 bits per heavy atom. The third kappa shape index (κ3) is 6.44. The van der Waals surface area contributed by atoms with Gasteiger partial charge in [-0.3, -0.25) is 0 Å². The van der Waals surface area contributed by atoms with E-state index < -0.39 is 0 Å². The van der Waals surface area contributed by atoms with Crippen molar-refractivity contribution in [2.24, 2.45) is 5.10 Å². The fourth-order valence-corrected chi connectivity index (χ4v) is 3.90. The molecule has 0 aliphatic rings. The molecule has 0 N–H and O–H groups in total. The number of para-hydroxylation sites is 1. The molecule has 1 aromatic heterocycles. The molecule has 0 aliphatic heterocycles. The molecule has 5 nitrogen and oxygen atoms in total. The van der Waals surface area contributed by atoms with Gasteiger partial charge in [-0.15, -0.1) is 10.2 Å². The van der Waals surface area contributed by atoms with Gasteiger partial charge in [0.2, 0.25) is 5.16 Å². The summed E-state index contributed by atoms with van der Waals surface area (Å²) in [4.78, 5) is 0. The monoisotopic (exact) mass is 486 g/mol. The fraction of sp³-hybridized carbons (Fsp3) is 0.348. The Hall–Kier alpha value is -2.12. The van der Waals surface area contributed by atoms with Crippen LogP contribution in [0.25, 0.3) is 0 Å². The summed E-state index contributed by atoms with van der Waals surface area (Å²) >= 11 is 5.12. The second-order valence-corrected chi connectivity index (χ2v) is 8.72. The molecular formula is C23H27BrN4OS. The molecule has 1 heterocycles. The van der Waals surface area contributed by atoms with Gasteiger partial charge in [-0.05, 0) is 42.7 Å². The topological polar surface area (TPSA) is 52.3 Å². The van der Waals surface area contributed by atoms with Crippen molar-refractivity contribution < 1.29 is 4.74 Å². The highest BCUT2D eigenvalue weighted by molar-refractivity contribution is 9.10. The lowest BCUT2D eigenvalue weighted by Crippen LogP contribution is -2.02. The molecule has 2 aromatic carbocycles. The van der Waals surface area contributed by atoms with Crippen molar-refractivity contribution in [1.29, 1.82) is 0 Å². The Bertz CT molecular complexity index is 956. The Morgan fingerprint density at radius 1 is 1.07 bits per heavy atom. The van der Waals surface area contributed by atoms with Crippen molar-refractivity contribution in [2.45, 2.75) is 50.4 Å². The molecule has 0 spiro atoms. The average molecular weight is 487 g/mol. The smallest absolute Gasteiger partial charge is 0.212 e. The normalized spacial score (nSPS) is 11.3. The van der Waals surface area contributed by atoms with Gasteiger partial charge in [-0.2, -0.15) is 9.78 Å². The van der Waals surface area contributed by atoms with E-state index in [2.05, 4.69) is 64.2 Å². The summed E-state index contributed by atoms with van der Waals surface area (Å²) in [6.45, 7) is 5.00. The van der Waals surface area contributed by atoms with E-state index in [9.17, 15) is 0 Å². The first-order valence-corrected chi connectivity index (χ1v) is 12.1. The number of ether oxygens (including phenoxy) is 1.